The molecule has 0 bridgehead atoms. The molecule has 1 unspecified atom stereocenters. The minimum Gasteiger partial charge on any atom is -0.322 e. The lowest BCUT2D eigenvalue weighted by Crippen LogP contribution is -2.14. The van der Waals surface area contributed by atoms with Crippen LogP contribution in [0, 0.1) is 0 Å². The fraction of sp³-hybridized carbons (Fsp3) is 0.429. The third kappa shape index (κ3) is 1.94. The van der Waals surface area contributed by atoms with Crippen LogP contribution in [0.5, 0.6) is 0 Å². The van der Waals surface area contributed by atoms with Crippen molar-refractivity contribution in [1.29, 1.82) is 0 Å². The highest BCUT2D eigenvalue weighted by molar-refractivity contribution is 7.03. The van der Waals surface area contributed by atoms with Crippen LogP contribution in [0.15, 0.2) is 11.6 Å². The Balaban J connectivity index is 2.06. The number of aromatic nitrogens is 5. The molecule has 2 heterocycles. The van der Waals surface area contributed by atoms with Crippen molar-refractivity contribution in [2.24, 2.45) is 12.8 Å². The van der Waals surface area contributed by atoms with Crippen molar-refractivity contribution in [2.45, 2.75) is 12.5 Å². The maximum atomic E-state index is 5.92. The molecule has 0 radical (unpaired) electrons. The molecule has 0 aliphatic rings. The molecule has 0 spiro atoms. The summed E-state index contributed by atoms with van der Waals surface area (Å²) >= 11 is 1.32. The Hall–Kier alpha value is -1.34. The van der Waals surface area contributed by atoms with Crippen molar-refractivity contribution in [3.8, 4) is 0 Å². The van der Waals surface area contributed by atoms with Gasteiger partial charge in [0, 0.05) is 18.8 Å². The van der Waals surface area contributed by atoms with Gasteiger partial charge in [0.25, 0.3) is 0 Å². The molecule has 1 atom stereocenters. The topological polar surface area (TPSA) is 82.5 Å². The smallest absolute Gasteiger partial charge is 0.0998 e. The summed E-state index contributed by atoms with van der Waals surface area (Å²) in [5.41, 5.74) is 7.60. The minimum atomic E-state index is -0.160. The summed E-state index contributed by atoms with van der Waals surface area (Å²) < 4.78 is 3.77. The monoisotopic (exact) mass is 210 g/mol. The highest BCUT2D eigenvalue weighted by Crippen LogP contribution is 2.11. The van der Waals surface area contributed by atoms with E-state index >= 15 is 0 Å². The molecule has 2 N–H and O–H groups in total. The lowest BCUT2D eigenvalue weighted by molar-refractivity contribution is 0.615. The number of hydrogen-bond acceptors (Lipinski definition) is 6. The zero-order chi connectivity index (χ0) is 9.97. The molecule has 0 aliphatic heterocycles. The van der Waals surface area contributed by atoms with Gasteiger partial charge in [-0.05, 0) is 11.5 Å². The van der Waals surface area contributed by atoms with Crippen LogP contribution in [0.2, 0.25) is 0 Å². The second-order valence-electron chi connectivity index (χ2n) is 2.97. The van der Waals surface area contributed by atoms with Crippen LogP contribution in [0.1, 0.15) is 17.4 Å². The second kappa shape index (κ2) is 3.81. The molecule has 0 saturated carbocycles. The zero-order valence-corrected chi connectivity index (χ0v) is 8.48. The summed E-state index contributed by atoms with van der Waals surface area (Å²) in [6.07, 6.45) is 2.32. The number of aryl methyl sites for hydroxylation is 1. The van der Waals surface area contributed by atoms with Gasteiger partial charge in [-0.25, -0.2) is 0 Å². The fourth-order valence-electron chi connectivity index (χ4n) is 1.13. The Morgan fingerprint density at radius 3 is 3.07 bits per heavy atom. The van der Waals surface area contributed by atoms with E-state index in [9.17, 15) is 0 Å². The summed E-state index contributed by atoms with van der Waals surface area (Å²) in [5.74, 6) is 0. The van der Waals surface area contributed by atoms with E-state index in [1.165, 1.54) is 16.3 Å². The van der Waals surface area contributed by atoms with Crippen molar-refractivity contribution >= 4 is 11.5 Å². The van der Waals surface area contributed by atoms with Crippen molar-refractivity contribution in [2.75, 3.05) is 0 Å². The maximum absolute atomic E-state index is 5.92. The first-order chi connectivity index (χ1) is 6.75. The standard InChI is InChI=1S/C7H10N6S/c1-13-9-3-7(11-13)6(8)2-5-4-14-12-10-5/h3-4,6H,2,8H2,1H3. The van der Waals surface area contributed by atoms with E-state index in [1.807, 2.05) is 5.38 Å². The van der Waals surface area contributed by atoms with E-state index in [0.717, 1.165) is 11.4 Å². The van der Waals surface area contributed by atoms with Crippen LogP contribution < -0.4 is 5.73 Å². The van der Waals surface area contributed by atoms with Crippen molar-refractivity contribution < 1.29 is 0 Å². The fourth-order valence-corrected chi connectivity index (χ4v) is 1.60. The number of nitrogens with two attached hydrogens (primary N) is 1. The van der Waals surface area contributed by atoms with Gasteiger partial charge in [0.1, 0.15) is 0 Å². The van der Waals surface area contributed by atoms with Gasteiger partial charge in [-0.3, -0.25) is 0 Å². The maximum Gasteiger partial charge on any atom is 0.0998 e. The van der Waals surface area contributed by atoms with E-state index in [1.54, 1.807) is 13.2 Å². The lowest BCUT2D eigenvalue weighted by atomic mass is 10.1. The molecule has 0 aliphatic carbocycles. The van der Waals surface area contributed by atoms with Gasteiger partial charge in [0.2, 0.25) is 0 Å². The molecule has 2 aromatic rings. The first-order valence-corrected chi connectivity index (χ1v) is 4.97. The summed E-state index contributed by atoms with van der Waals surface area (Å²) in [7, 11) is 1.76. The summed E-state index contributed by atoms with van der Waals surface area (Å²) in [5, 5.41) is 13.9. The Labute approximate surface area is 84.9 Å². The predicted molar refractivity (Wildman–Crippen MR) is 51.5 cm³/mol. The largest absolute Gasteiger partial charge is 0.322 e. The predicted octanol–water partition coefficient (Wildman–Crippen LogP) is -0.0909. The zero-order valence-electron chi connectivity index (χ0n) is 7.66. The Morgan fingerprint density at radius 1 is 1.64 bits per heavy atom. The first-order valence-electron chi connectivity index (χ1n) is 4.13. The quantitative estimate of drug-likeness (QED) is 0.765. The second-order valence-corrected chi connectivity index (χ2v) is 3.58. The first kappa shape index (κ1) is 9.22. The minimum absolute atomic E-state index is 0.160. The van der Waals surface area contributed by atoms with Gasteiger partial charge in [-0.1, -0.05) is 4.49 Å². The Kier molecular flexibility index (Phi) is 2.51. The summed E-state index contributed by atoms with van der Waals surface area (Å²) in [6.45, 7) is 0. The SMILES string of the molecule is Cn1ncc(C(N)Cc2csnn2)n1. The molecule has 7 heteroatoms. The van der Waals surface area contributed by atoms with E-state index in [-0.39, 0.29) is 6.04 Å². The van der Waals surface area contributed by atoms with E-state index in [0.29, 0.717) is 6.42 Å². The molecule has 14 heavy (non-hydrogen) atoms. The van der Waals surface area contributed by atoms with Crippen molar-refractivity contribution in [3.05, 3.63) is 23.0 Å². The van der Waals surface area contributed by atoms with Crippen LogP contribution in [-0.2, 0) is 13.5 Å². The van der Waals surface area contributed by atoms with Crippen LogP contribution in [0.4, 0.5) is 0 Å². The third-order valence-electron chi connectivity index (χ3n) is 1.83. The number of hydrogen-bond donors (Lipinski definition) is 1. The van der Waals surface area contributed by atoms with Crippen LogP contribution in [-0.4, -0.2) is 24.6 Å². The van der Waals surface area contributed by atoms with Crippen molar-refractivity contribution in [1.82, 2.24) is 24.6 Å². The molecule has 2 rings (SSSR count). The van der Waals surface area contributed by atoms with E-state index < -0.39 is 0 Å². The van der Waals surface area contributed by atoms with E-state index in [2.05, 4.69) is 19.8 Å². The van der Waals surface area contributed by atoms with Gasteiger partial charge in [-0.2, -0.15) is 15.0 Å². The van der Waals surface area contributed by atoms with Crippen LogP contribution in [0.25, 0.3) is 0 Å². The normalized spacial score (nSPS) is 13.0. The molecule has 74 valence electrons. The Morgan fingerprint density at radius 2 is 2.50 bits per heavy atom. The van der Waals surface area contributed by atoms with Crippen molar-refractivity contribution in [3.63, 3.8) is 0 Å². The van der Waals surface area contributed by atoms with Crippen LogP contribution in [0.3, 0.4) is 0 Å². The average molecular weight is 210 g/mol. The molecule has 0 aromatic carbocycles. The lowest BCUT2D eigenvalue weighted by Gasteiger charge is -2.04. The van der Waals surface area contributed by atoms with Gasteiger partial charge in [0.15, 0.2) is 0 Å². The number of nitrogens with zero attached hydrogens (tertiary/aromatic N) is 5. The highest BCUT2D eigenvalue weighted by atomic mass is 32.1. The van der Waals surface area contributed by atoms with E-state index in [4.69, 9.17) is 5.73 Å². The molecule has 2 aromatic heterocycles. The molecule has 0 fully saturated rings. The Bertz CT molecular complexity index is 394. The van der Waals surface area contributed by atoms with Gasteiger partial charge >= 0.3 is 0 Å². The molecule has 0 amide bonds. The summed E-state index contributed by atoms with van der Waals surface area (Å²) in [4.78, 5) is 1.49. The van der Waals surface area contributed by atoms with Gasteiger partial charge in [-0.15, -0.1) is 5.10 Å². The van der Waals surface area contributed by atoms with Crippen LogP contribution >= 0.6 is 11.5 Å². The molecular formula is C7H10N6S. The third-order valence-corrected chi connectivity index (χ3v) is 2.38. The highest BCUT2D eigenvalue weighted by Gasteiger charge is 2.11. The average Bonchev–Trinajstić information content (AvgIpc) is 2.75. The molecule has 6 nitrogen and oxygen atoms in total. The molecule has 0 saturated heterocycles. The summed E-state index contributed by atoms with van der Waals surface area (Å²) in [6, 6.07) is -0.160. The molecular weight excluding hydrogens is 200 g/mol. The van der Waals surface area contributed by atoms with Gasteiger partial charge in [0.05, 0.1) is 23.6 Å². The van der Waals surface area contributed by atoms with Gasteiger partial charge < -0.3 is 5.73 Å². The number of rotatable bonds is 3.